The van der Waals surface area contributed by atoms with Crippen molar-refractivity contribution in [1.82, 2.24) is 5.32 Å². The van der Waals surface area contributed by atoms with Crippen LogP contribution < -0.4 is 10.1 Å². The molecule has 0 aliphatic rings. The van der Waals surface area contributed by atoms with E-state index in [0.29, 0.717) is 18.8 Å². The number of esters is 1. The molecule has 21 heavy (non-hydrogen) atoms. The van der Waals surface area contributed by atoms with Gasteiger partial charge in [-0.25, -0.2) is 4.39 Å². The molecule has 0 heterocycles. The second kappa shape index (κ2) is 7.41. The third-order valence-corrected chi connectivity index (χ3v) is 3.44. The first kappa shape index (κ1) is 17.4. The molecule has 5 heteroatoms. The first-order valence-corrected chi connectivity index (χ1v) is 7.11. The molecule has 0 amide bonds. The molecule has 4 nitrogen and oxygen atoms in total. The zero-order valence-electron chi connectivity index (χ0n) is 13.3. The topological polar surface area (TPSA) is 47.6 Å². The average Bonchev–Trinajstić information content (AvgIpc) is 2.42. The summed E-state index contributed by atoms with van der Waals surface area (Å²) < 4.78 is 24.0. The van der Waals surface area contributed by atoms with Crippen LogP contribution in [0.2, 0.25) is 0 Å². The van der Waals surface area contributed by atoms with Crippen LogP contribution in [-0.4, -0.2) is 31.3 Å². The maximum absolute atomic E-state index is 13.1. The van der Waals surface area contributed by atoms with Crippen molar-refractivity contribution in [3.63, 3.8) is 0 Å². The molecule has 1 aromatic rings. The quantitative estimate of drug-likeness (QED) is 0.786. The normalized spacial score (nSPS) is 15.1. The lowest BCUT2D eigenvalue weighted by Crippen LogP contribution is -2.51. The Balaban J connectivity index is 2.74. The van der Waals surface area contributed by atoms with Crippen LogP contribution in [0.15, 0.2) is 18.2 Å². The Kier molecular flexibility index (Phi) is 6.15. The Morgan fingerprint density at radius 2 is 2.14 bits per heavy atom. The molecule has 0 aliphatic heterocycles. The molecule has 118 valence electrons. The molecule has 1 aromatic carbocycles. The zero-order valence-corrected chi connectivity index (χ0v) is 13.3. The summed E-state index contributed by atoms with van der Waals surface area (Å²) in [4.78, 5) is 12.0. The number of nitrogens with one attached hydrogen (secondary N) is 1. The van der Waals surface area contributed by atoms with Gasteiger partial charge in [0.15, 0.2) is 0 Å². The summed E-state index contributed by atoms with van der Waals surface area (Å²) in [5.41, 5.74) is -0.0900. The van der Waals surface area contributed by atoms with E-state index in [1.807, 2.05) is 6.92 Å². The van der Waals surface area contributed by atoms with Crippen LogP contribution in [0.3, 0.4) is 0 Å². The van der Waals surface area contributed by atoms with Crippen LogP contribution in [0.25, 0.3) is 0 Å². The van der Waals surface area contributed by atoms with Gasteiger partial charge in [0.05, 0.1) is 12.7 Å². The van der Waals surface area contributed by atoms with Crippen molar-refractivity contribution in [2.24, 2.45) is 0 Å². The number of likely N-dealkylation sites (N-methyl/N-ethyl adjacent to an activating group) is 1. The van der Waals surface area contributed by atoms with Gasteiger partial charge in [-0.1, -0.05) is 0 Å². The summed E-state index contributed by atoms with van der Waals surface area (Å²) in [6.45, 7) is 7.55. The molecule has 1 N–H and O–H groups in total. The standard InChI is InChI=1S/C16H24FNO3/c1-6-20-15(19)16(4,18-5)10-12(3)21-14-8-7-13(17)9-11(14)2/h7-9,12,18H,6,10H2,1-5H3. The van der Waals surface area contributed by atoms with Gasteiger partial charge in [-0.15, -0.1) is 0 Å². The van der Waals surface area contributed by atoms with E-state index in [1.165, 1.54) is 12.1 Å². The highest BCUT2D eigenvalue weighted by Gasteiger charge is 2.35. The molecule has 0 bridgehead atoms. The van der Waals surface area contributed by atoms with Crippen molar-refractivity contribution in [3.8, 4) is 5.75 Å². The van der Waals surface area contributed by atoms with Crippen molar-refractivity contribution in [1.29, 1.82) is 0 Å². The Morgan fingerprint density at radius 1 is 1.48 bits per heavy atom. The molecule has 0 aromatic heterocycles. The monoisotopic (exact) mass is 297 g/mol. The van der Waals surface area contributed by atoms with E-state index >= 15 is 0 Å². The Morgan fingerprint density at radius 3 is 2.67 bits per heavy atom. The lowest BCUT2D eigenvalue weighted by Gasteiger charge is -2.30. The Labute approximate surface area is 125 Å². The third-order valence-electron chi connectivity index (χ3n) is 3.44. The molecule has 0 spiro atoms. The molecule has 0 saturated heterocycles. The van der Waals surface area contributed by atoms with E-state index < -0.39 is 5.54 Å². The van der Waals surface area contributed by atoms with Crippen LogP contribution in [-0.2, 0) is 9.53 Å². The number of carbonyl (C=O) groups excluding carboxylic acids is 1. The Bertz CT molecular complexity index is 492. The minimum atomic E-state index is -0.816. The van der Waals surface area contributed by atoms with Crippen molar-refractivity contribution in [3.05, 3.63) is 29.6 Å². The van der Waals surface area contributed by atoms with Gasteiger partial charge >= 0.3 is 5.97 Å². The Hall–Kier alpha value is -1.62. The summed E-state index contributed by atoms with van der Waals surface area (Å²) in [6.07, 6.45) is 0.218. The highest BCUT2D eigenvalue weighted by atomic mass is 19.1. The van der Waals surface area contributed by atoms with Crippen molar-refractivity contribution >= 4 is 5.97 Å². The summed E-state index contributed by atoms with van der Waals surface area (Å²) in [5, 5.41) is 2.99. The van der Waals surface area contributed by atoms with E-state index in [1.54, 1.807) is 33.9 Å². The van der Waals surface area contributed by atoms with Crippen LogP contribution in [0.5, 0.6) is 5.75 Å². The van der Waals surface area contributed by atoms with Gasteiger partial charge in [0, 0.05) is 6.42 Å². The minimum absolute atomic E-state index is 0.226. The lowest BCUT2D eigenvalue weighted by atomic mass is 9.95. The number of hydrogen-bond donors (Lipinski definition) is 1. The molecule has 0 fully saturated rings. The maximum atomic E-state index is 13.1. The zero-order chi connectivity index (χ0) is 16.0. The van der Waals surface area contributed by atoms with E-state index in [0.717, 1.165) is 5.56 Å². The molecule has 1 rings (SSSR count). The van der Waals surface area contributed by atoms with Crippen LogP contribution >= 0.6 is 0 Å². The van der Waals surface area contributed by atoms with Gasteiger partial charge in [-0.3, -0.25) is 4.79 Å². The predicted octanol–water partition coefficient (Wildman–Crippen LogP) is 2.83. The molecule has 2 unspecified atom stereocenters. The lowest BCUT2D eigenvalue weighted by molar-refractivity contribution is -0.151. The average molecular weight is 297 g/mol. The fourth-order valence-electron chi connectivity index (χ4n) is 2.16. The van der Waals surface area contributed by atoms with Gasteiger partial charge < -0.3 is 14.8 Å². The van der Waals surface area contributed by atoms with Crippen molar-refractivity contribution < 1.29 is 18.7 Å². The second-order valence-electron chi connectivity index (χ2n) is 5.34. The molecule has 0 aliphatic carbocycles. The first-order chi connectivity index (χ1) is 9.82. The molecular formula is C16H24FNO3. The smallest absolute Gasteiger partial charge is 0.326 e. The van der Waals surface area contributed by atoms with Gasteiger partial charge in [0.2, 0.25) is 0 Å². The van der Waals surface area contributed by atoms with Crippen LogP contribution in [0.4, 0.5) is 4.39 Å². The predicted molar refractivity (Wildman–Crippen MR) is 79.9 cm³/mol. The summed E-state index contributed by atoms with van der Waals surface area (Å²) in [6, 6.07) is 4.38. The van der Waals surface area contributed by atoms with Crippen LogP contribution in [0.1, 0.15) is 32.8 Å². The number of ether oxygens (including phenoxy) is 2. The van der Waals surface area contributed by atoms with Crippen molar-refractivity contribution in [2.45, 2.75) is 45.8 Å². The van der Waals surface area contributed by atoms with E-state index in [9.17, 15) is 9.18 Å². The van der Waals surface area contributed by atoms with E-state index in [2.05, 4.69) is 5.32 Å². The fourth-order valence-corrected chi connectivity index (χ4v) is 2.16. The highest BCUT2D eigenvalue weighted by Crippen LogP contribution is 2.23. The van der Waals surface area contributed by atoms with Gasteiger partial charge in [0.25, 0.3) is 0 Å². The molecule has 2 atom stereocenters. The first-order valence-electron chi connectivity index (χ1n) is 7.11. The van der Waals surface area contributed by atoms with Gasteiger partial charge in [-0.2, -0.15) is 0 Å². The van der Waals surface area contributed by atoms with E-state index in [4.69, 9.17) is 9.47 Å². The maximum Gasteiger partial charge on any atom is 0.326 e. The van der Waals surface area contributed by atoms with Gasteiger partial charge in [-0.05, 0) is 58.5 Å². The molecule has 0 saturated carbocycles. The number of aryl methyl sites for hydroxylation is 1. The third kappa shape index (κ3) is 4.70. The second-order valence-corrected chi connectivity index (χ2v) is 5.34. The summed E-state index contributed by atoms with van der Waals surface area (Å²) in [7, 11) is 1.72. The number of carbonyl (C=O) groups is 1. The number of halogens is 1. The van der Waals surface area contributed by atoms with Crippen molar-refractivity contribution in [2.75, 3.05) is 13.7 Å². The highest BCUT2D eigenvalue weighted by molar-refractivity contribution is 5.80. The van der Waals surface area contributed by atoms with E-state index in [-0.39, 0.29) is 17.9 Å². The number of rotatable bonds is 7. The molecular weight excluding hydrogens is 273 g/mol. The largest absolute Gasteiger partial charge is 0.490 e. The van der Waals surface area contributed by atoms with Crippen LogP contribution in [0, 0.1) is 12.7 Å². The number of benzene rings is 1. The fraction of sp³-hybridized carbons (Fsp3) is 0.562. The molecule has 0 radical (unpaired) electrons. The summed E-state index contributed by atoms with van der Waals surface area (Å²) >= 11 is 0. The summed E-state index contributed by atoms with van der Waals surface area (Å²) in [5.74, 6) is 0.0177. The SMILES string of the molecule is CCOC(=O)C(C)(CC(C)Oc1ccc(F)cc1C)NC. The number of hydrogen-bond acceptors (Lipinski definition) is 4. The van der Waals surface area contributed by atoms with Gasteiger partial charge in [0.1, 0.15) is 17.1 Å². The minimum Gasteiger partial charge on any atom is -0.490 e.